The molecule has 0 aliphatic heterocycles. The number of halogens is 1. The predicted octanol–water partition coefficient (Wildman–Crippen LogP) is 2.44. The zero-order valence-corrected chi connectivity index (χ0v) is 10.1. The van der Waals surface area contributed by atoms with Crippen LogP contribution in [0.2, 0.25) is 0 Å². The van der Waals surface area contributed by atoms with Crippen LogP contribution in [0.3, 0.4) is 0 Å². The first-order valence-electron chi connectivity index (χ1n) is 5.22. The Morgan fingerprint density at radius 1 is 1.53 bits per heavy atom. The number of ether oxygens (including phenoxy) is 2. The van der Waals surface area contributed by atoms with Crippen molar-refractivity contribution in [3.05, 3.63) is 29.6 Å². The van der Waals surface area contributed by atoms with Gasteiger partial charge in [-0.15, -0.1) is 0 Å². The third kappa shape index (κ3) is 3.71. The first-order chi connectivity index (χ1) is 8.08. The van der Waals surface area contributed by atoms with Crippen LogP contribution in [-0.2, 0) is 4.74 Å². The van der Waals surface area contributed by atoms with Gasteiger partial charge in [-0.05, 0) is 32.0 Å². The Morgan fingerprint density at radius 3 is 2.82 bits per heavy atom. The van der Waals surface area contributed by atoms with Crippen LogP contribution >= 0.6 is 0 Å². The number of hydrogen-bond acceptors (Lipinski definition) is 4. The normalized spacial score (nSPS) is 13.5. The van der Waals surface area contributed by atoms with Crippen LogP contribution in [0.1, 0.15) is 19.4 Å². The molecule has 17 heavy (non-hydrogen) atoms. The Bertz CT molecular complexity index is 407. The molecule has 0 heterocycles. The highest BCUT2D eigenvalue weighted by atomic mass is 19.1. The average molecular weight is 241 g/mol. The summed E-state index contributed by atoms with van der Waals surface area (Å²) in [4.78, 5) is 0. The van der Waals surface area contributed by atoms with Crippen molar-refractivity contribution in [2.45, 2.75) is 20.0 Å². The lowest BCUT2D eigenvalue weighted by molar-refractivity contribution is 0.0715. The number of oxime groups is 1. The molecule has 5 heteroatoms. The molecule has 0 aliphatic rings. The van der Waals surface area contributed by atoms with E-state index in [4.69, 9.17) is 14.7 Å². The summed E-state index contributed by atoms with van der Waals surface area (Å²) in [5.41, 5.74) is 0.723. The van der Waals surface area contributed by atoms with E-state index in [1.807, 2.05) is 6.92 Å². The van der Waals surface area contributed by atoms with E-state index in [0.29, 0.717) is 23.6 Å². The molecule has 94 valence electrons. The number of methoxy groups -OCH3 is 1. The Balaban J connectivity index is 2.91. The molecule has 0 spiro atoms. The van der Waals surface area contributed by atoms with Crippen molar-refractivity contribution >= 4 is 5.71 Å². The number of hydrogen-bond donors (Lipinski definition) is 1. The van der Waals surface area contributed by atoms with Crippen LogP contribution in [0.25, 0.3) is 0 Å². The maximum atomic E-state index is 13.1. The third-order valence-corrected chi connectivity index (χ3v) is 2.36. The van der Waals surface area contributed by atoms with Gasteiger partial charge in [-0.25, -0.2) is 4.39 Å². The molecule has 4 nitrogen and oxygen atoms in total. The molecule has 1 rings (SSSR count). The minimum atomic E-state index is -0.407. The van der Waals surface area contributed by atoms with E-state index in [1.165, 1.54) is 18.2 Å². The summed E-state index contributed by atoms with van der Waals surface area (Å²) in [5.74, 6) is 0.0562. The van der Waals surface area contributed by atoms with Gasteiger partial charge in [0.15, 0.2) is 0 Å². The van der Waals surface area contributed by atoms with Crippen LogP contribution in [-0.4, -0.2) is 30.7 Å². The third-order valence-electron chi connectivity index (χ3n) is 2.36. The quantitative estimate of drug-likeness (QED) is 0.489. The minimum absolute atomic E-state index is 0.0701. The number of rotatable bonds is 5. The van der Waals surface area contributed by atoms with Gasteiger partial charge in [0.2, 0.25) is 0 Å². The lowest BCUT2D eigenvalue weighted by Crippen LogP contribution is -2.17. The molecule has 1 aromatic carbocycles. The van der Waals surface area contributed by atoms with Crippen molar-refractivity contribution in [3.8, 4) is 5.75 Å². The van der Waals surface area contributed by atoms with Crippen molar-refractivity contribution in [1.29, 1.82) is 0 Å². The standard InChI is InChI=1S/C12H16FNO3/c1-8(16-3)7-17-12-5-4-10(13)6-11(12)9(2)14-15/h4-6,8,15H,7H2,1-3H3/b14-9+. The van der Waals surface area contributed by atoms with Gasteiger partial charge in [-0.3, -0.25) is 0 Å². The molecule has 0 radical (unpaired) electrons. The smallest absolute Gasteiger partial charge is 0.128 e. The molecule has 1 N–H and O–H groups in total. The summed E-state index contributed by atoms with van der Waals surface area (Å²) in [6.45, 7) is 3.77. The first-order valence-corrected chi connectivity index (χ1v) is 5.22. The van der Waals surface area contributed by atoms with Gasteiger partial charge in [0.05, 0.1) is 11.8 Å². The fourth-order valence-electron chi connectivity index (χ4n) is 1.24. The SMILES string of the molecule is COC(C)COc1ccc(F)cc1/C(C)=N/O. The predicted molar refractivity (Wildman–Crippen MR) is 62.4 cm³/mol. The van der Waals surface area contributed by atoms with E-state index in [2.05, 4.69) is 5.16 Å². The topological polar surface area (TPSA) is 51.0 Å². The maximum absolute atomic E-state index is 13.1. The molecule has 0 saturated carbocycles. The van der Waals surface area contributed by atoms with Crippen molar-refractivity contribution in [2.75, 3.05) is 13.7 Å². The molecule has 1 atom stereocenters. The largest absolute Gasteiger partial charge is 0.490 e. The summed E-state index contributed by atoms with van der Waals surface area (Å²) < 4.78 is 23.6. The van der Waals surface area contributed by atoms with Crippen LogP contribution < -0.4 is 4.74 Å². The molecule has 0 bridgehead atoms. The van der Waals surface area contributed by atoms with E-state index < -0.39 is 5.82 Å². The second-order valence-corrected chi connectivity index (χ2v) is 3.68. The highest BCUT2D eigenvalue weighted by Crippen LogP contribution is 2.21. The van der Waals surface area contributed by atoms with Gasteiger partial charge in [-0.2, -0.15) is 0 Å². The molecule has 1 aromatic rings. The van der Waals surface area contributed by atoms with Gasteiger partial charge >= 0.3 is 0 Å². The van der Waals surface area contributed by atoms with Crippen molar-refractivity contribution in [2.24, 2.45) is 5.16 Å². The second-order valence-electron chi connectivity index (χ2n) is 3.68. The summed E-state index contributed by atoms with van der Waals surface area (Å²) in [7, 11) is 1.58. The van der Waals surface area contributed by atoms with Crippen LogP contribution in [0, 0.1) is 5.82 Å². The molecule has 0 fully saturated rings. The van der Waals surface area contributed by atoms with Gasteiger partial charge in [0.1, 0.15) is 18.2 Å². The summed E-state index contributed by atoms with van der Waals surface area (Å²) in [5, 5.41) is 11.8. The fourth-order valence-corrected chi connectivity index (χ4v) is 1.24. The molecule has 0 amide bonds. The van der Waals surface area contributed by atoms with Crippen LogP contribution in [0.5, 0.6) is 5.75 Å². The Kier molecular flexibility index (Phi) is 4.90. The molecular formula is C12H16FNO3. The Hall–Kier alpha value is -1.62. The summed E-state index contributed by atoms with van der Waals surface area (Å²) in [6.07, 6.45) is -0.0701. The van der Waals surface area contributed by atoms with E-state index >= 15 is 0 Å². The number of nitrogens with zero attached hydrogens (tertiary/aromatic N) is 1. The zero-order valence-electron chi connectivity index (χ0n) is 10.1. The van der Waals surface area contributed by atoms with E-state index in [0.717, 1.165) is 0 Å². The van der Waals surface area contributed by atoms with Gasteiger partial charge in [-0.1, -0.05) is 5.16 Å². The zero-order chi connectivity index (χ0) is 12.8. The Labute approximate surface area is 99.7 Å². The highest BCUT2D eigenvalue weighted by molar-refractivity contribution is 6.00. The maximum Gasteiger partial charge on any atom is 0.128 e. The summed E-state index contributed by atoms with van der Waals surface area (Å²) in [6, 6.07) is 4.06. The molecular weight excluding hydrogens is 225 g/mol. The van der Waals surface area contributed by atoms with Crippen molar-refractivity contribution < 1.29 is 19.1 Å². The Morgan fingerprint density at radius 2 is 2.24 bits per heavy atom. The molecule has 1 unspecified atom stereocenters. The van der Waals surface area contributed by atoms with E-state index in [-0.39, 0.29) is 6.10 Å². The van der Waals surface area contributed by atoms with E-state index in [9.17, 15) is 4.39 Å². The van der Waals surface area contributed by atoms with Gasteiger partial charge in [0, 0.05) is 12.7 Å². The van der Waals surface area contributed by atoms with E-state index in [1.54, 1.807) is 14.0 Å². The lowest BCUT2D eigenvalue weighted by atomic mass is 10.1. The second kappa shape index (κ2) is 6.20. The minimum Gasteiger partial charge on any atom is -0.490 e. The molecule has 0 aromatic heterocycles. The first kappa shape index (κ1) is 13.4. The van der Waals surface area contributed by atoms with Crippen LogP contribution in [0.15, 0.2) is 23.4 Å². The van der Waals surface area contributed by atoms with Gasteiger partial charge in [0.25, 0.3) is 0 Å². The highest BCUT2D eigenvalue weighted by Gasteiger charge is 2.10. The number of benzene rings is 1. The van der Waals surface area contributed by atoms with Crippen molar-refractivity contribution in [3.63, 3.8) is 0 Å². The molecule has 0 saturated heterocycles. The van der Waals surface area contributed by atoms with Crippen molar-refractivity contribution in [1.82, 2.24) is 0 Å². The average Bonchev–Trinajstić information content (AvgIpc) is 2.35. The van der Waals surface area contributed by atoms with Gasteiger partial charge < -0.3 is 14.7 Å². The molecule has 0 aliphatic carbocycles. The lowest BCUT2D eigenvalue weighted by Gasteiger charge is -2.14. The summed E-state index contributed by atoms with van der Waals surface area (Å²) >= 11 is 0. The van der Waals surface area contributed by atoms with Crippen LogP contribution in [0.4, 0.5) is 4.39 Å². The fraction of sp³-hybridized carbons (Fsp3) is 0.417. The monoisotopic (exact) mass is 241 g/mol.